The Morgan fingerprint density at radius 1 is 0.966 bits per heavy atom. The number of para-hydroxylation sites is 2. The van der Waals surface area contributed by atoms with Crippen LogP contribution in [0.15, 0.2) is 60.7 Å². The third-order valence-electron chi connectivity index (χ3n) is 4.94. The summed E-state index contributed by atoms with van der Waals surface area (Å²) in [6.45, 7) is 5.57. The summed E-state index contributed by atoms with van der Waals surface area (Å²) in [4.78, 5) is 4.83. The average molecular weight is 425 g/mol. The highest BCUT2D eigenvalue weighted by Gasteiger charge is 2.15. The summed E-state index contributed by atoms with van der Waals surface area (Å²) in [6.07, 6.45) is 0.853. The minimum atomic E-state index is 0.598. The first-order chi connectivity index (χ1) is 14.0. The van der Waals surface area contributed by atoms with Crippen molar-refractivity contribution in [2.45, 2.75) is 26.8 Å². The van der Waals surface area contributed by atoms with E-state index in [0.29, 0.717) is 16.7 Å². The fourth-order valence-corrected chi connectivity index (χ4v) is 4.04. The van der Waals surface area contributed by atoms with Crippen molar-refractivity contribution in [3.8, 4) is 17.1 Å². The van der Waals surface area contributed by atoms with Crippen LogP contribution in [0.3, 0.4) is 0 Å². The van der Waals surface area contributed by atoms with Crippen molar-refractivity contribution in [2.24, 2.45) is 0 Å². The number of ether oxygens (including phenoxy) is 1. The monoisotopic (exact) mass is 424 g/mol. The van der Waals surface area contributed by atoms with Gasteiger partial charge >= 0.3 is 0 Å². The normalized spacial score (nSPS) is 11.2. The van der Waals surface area contributed by atoms with Gasteiger partial charge in [-0.15, -0.1) is 0 Å². The molecule has 5 heteroatoms. The lowest BCUT2D eigenvalue weighted by atomic mass is 10.1. The molecule has 0 aliphatic rings. The Balaban J connectivity index is 1.57. The van der Waals surface area contributed by atoms with Crippen molar-refractivity contribution in [2.75, 3.05) is 6.61 Å². The molecular formula is C24H22Cl2N2O. The van der Waals surface area contributed by atoms with Gasteiger partial charge in [0.1, 0.15) is 11.6 Å². The predicted molar refractivity (Wildman–Crippen MR) is 121 cm³/mol. The lowest BCUT2D eigenvalue weighted by molar-refractivity contribution is 0.301. The van der Waals surface area contributed by atoms with Crippen LogP contribution in [0.2, 0.25) is 10.0 Å². The van der Waals surface area contributed by atoms with E-state index in [9.17, 15) is 0 Å². The van der Waals surface area contributed by atoms with Gasteiger partial charge in [-0.3, -0.25) is 0 Å². The minimum Gasteiger partial charge on any atom is -0.493 e. The van der Waals surface area contributed by atoms with Crippen LogP contribution in [0.4, 0.5) is 0 Å². The third kappa shape index (κ3) is 4.26. The Hall–Kier alpha value is -2.49. The zero-order valence-electron chi connectivity index (χ0n) is 16.5. The van der Waals surface area contributed by atoms with Gasteiger partial charge in [0, 0.05) is 17.1 Å². The number of rotatable bonds is 6. The van der Waals surface area contributed by atoms with E-state index in [1.165, 1.54) is 5.56 Å². The molecule has 0 radical (unpaired) electrons. The van der Waals surface area contributed by atoms with Gasteiger partial charge in [-0.05, 0) is 62.2 Å². The molecule has 4 aromatic rings. The van der Waals surface area contributed by atoms with Crippen molar-refractivity contribution < 1.29 is 4.74 Å². The summed E-state index contributed by atoms with van der Waals surface area (Å²) in [5.41, 5.74) is 5.31. The lowest BCUT2D eigenvalue weighted by Gasteiger charge is -2.13. The number of hydrogen-bond acceptors (Lipinski definition) is 2. The summed E-state index contributed by atoms with van der Waals surface area (Å²) in [5.74, 6) is 1.78. The van der Waals surface area contributed by atoms with Crippen LogP contribution < -0.4 is 4.74 Å². The minimum absolute atomic E-state index is 0.598. The quantitative estimate of drug-likeness (QED) is 0.308. The maximum Gasteiger partial charge on any atom is 0.142 e. The molecular weight excluding hydrogens is 403 g/mol. The second-order valence-corrected chi connectivity index (χ2v) is 8.01. The molecule has 0 aliphatic heterocycles. The molecule has 0 saturated heterocycles. The van der Waals surface area contributed by atoms with Gasteiger partial charge in [-0.25, -0.2) is 4.98 Å². The molecule has 0 aliphatic carbocycles. The standard InChI is InChI=1S/C24H22Cl2N2O/c1-16-8-11-23(17(2)14-16)29-13-5-12-28-22-7-4-3-6-21(22)27-24(28)19-10-9-18(25)15-20(19)26/h3-4,6-11,14-15H,5,12-13H2,1-2H3. The van der Waals surface area contributed by atoms with Crippen LogP contribution in [0, 0.1) is 13.8 Å². The van der Waals surface area contributed by atoms with E-state index < -0.39 is 0 Å². The summed E-state index contributed by atoms with van der Waals surface area (Å²) >= 11 is 12.6. The van der Waals surface area contributed by atoms with E-state index in [-0.39, 0.29) is 0 Å². The topological polar surface area (TPSA) is 27.1 Å². The summed E-state index contributed by atoms with van der Waals surface area (Å²) in [7, 11) is 0. The number of benzene rings is 3. The van der Waals surface area contributed by atoms with Gasteiger partial charge in [-0.1, -0.05) is 53.0 Å². The second kappa shape index (κ2) is 8.48. The largest absolute Gasteiger partial charge is 0.493 e. The second-order valence-electron chi connectivity index (χ2n) is 7.17. The van der Waals surface area contributed by atoms with Crippen molar-refractivity contribution in [3.05, 3.63) is 81.8 Å². The highest BCUT2D eigenvalue weighted by molar-refractivity contribution is 6.36. The SMILES string of the molecule is Cc1ccc(OCCCn2c(-c3ccc(Cl)cc3Cl)nc3ccccc32)c(C)c1. The predicted octanol–water partition coefficient (Wildman–Crippen LogP) is 7.10. The summed E-state index contributed by atoms with van der Waals surface area (Å²) in [5, 5.41) is 1.21. The fraction of sp³-hybridized carbons (Fsp3) is 0.208. The van der Waals surface area contributed by atoms with Crippen LogP contribution in [-0.4, -0.2) is 16.2 Å². The molecule has 0 spiro atoms. The molecule has 3 nitrogen and oxygen atoms in total. The van der Waals surface area contributed by atoms with Crippen LogP contribution in [-0.2, 0) is 6.54 Å². The molecule has 1 heterocycles. The van der Waals surface area contributed by atoms with Crippen LogP contribution in [0.25, 0.3) is 22.4 Å². The van der Waals surface area contributed by atoms with Crippen molar-refractivity contribution in [3.63, 3.8) is 0 Å². The van der Waals surface area contributed by atoms with Crippen molar-refractivity contribution in [1.29, 1.82) is 0 Å². The molecule has 0 atom stereocenters. The van der Waals surface area contributed by atoms with E-state index in [2.05, 4.69) is 36.6 Å². The average Bonchev–Trinajstić information content (AvgIpc) is 3.05. The third-order valence-corrected chi connectivity index (χ3v) is 5.49. The number of aryl methyl sites for hydroxylation is 3. The molecule has 0 N–H and O–H groups in total. The number of imidazole rings is 1. The van der Waals surface area contributed by atoms with E-state index in [4.69, 9.17) is 32.9 Å². The molecule has 0 fully saturated rings. The van der Waals surface area contributed by atoms with Crippen molar-refractivity contribution in [1.82, 2.24) is 9.55 Å². The maximum atomic E-state index is 6.47. The zero-order chi connectivity index (χ0) is 20.4. The number of hydrogen-bond donors (Lipinski definition) is 0. The molecule has 0 saturated carbocycles. The van der Waals surface area contributed by atoms with Crippen molar-refractivity contribution >= 4 is 34.2 Å². The molecule has 1 aromatic heterocycles. The molecule has 0 amide bonds. The number of nitrogens with zero attached hydrogens (tertiary/aromatic N) is 2. The van der Waals surface area contributed by atoms with Gasteiger partial charge in [0.2, 0.25) is 0 Å². The van der Waals surface area contributed by atoms with Crippen LogP contribution in [0.1, 0.15) is 17.5 Å². The Kier molecular flexibility index (Phi) is 5.79. The highest BCUT2D eigenvalue weighted by atomic mass is 35.5. The molecule has 29 heavy (non-hydrogen) atoms. The van der Waals surface area contributed by atoms with E-state index in [0.717, 1.165) is 46.7 Å². The Morgan fingerprint density at radius 3 is 2.59 bits per heavy atom. The number of halogens is 2. The van der Waals surface area contributed by atoms with Gasteiger partial charge in [0.15, 0.2) is 0 Å². The van der Waals surface area contributed by atoms with E-state index in [1.807, 2.05) is 36.4 Å². The Morgan fingerprint density at radius 2 is 1.79 bits per heavy atom. The maximum absolute atomic E-state index is 6.47. The molecule has 0 unspecified atom stereocenters. The number of fused-ring (bicyclic) bond motifs is 1. The fourth-order valence-electron chi connectivity index (χ4n) is 3.54. The van der Waals surface area contributed by atoms with Gasteiger partial charge < -0.3 is 9.30 Å². The zero-order valence-corrected chi connectivity index (χ0v) is 18.0. The highest BCUT2D eigenvalue weighted by Crippen LogP contribution is 2.32. The van der Waals surface area contributed by atoms with Gasteiger partial charge in [-0.2, -0.15) is 0 Å². The van der Waals surface area contributed by atoms with Gasteiger partial charge in [0.25, 0.3) is 0 Å². The molecule has 4 rings (SSSR count). The van der Waals surface area contributed by atoms with Crippen LogP contribution in [0.5, 0.6) is 5.75 Å². The molecule has 3 aromatic carbocycles. The Bertz CT molecular complexity index is 1170. The first-order valence-corrected chi connectivity index (χ1v) is 10.4. The first-order valence-electron chi connectivity index (χ1n) is 9.63. The lowest BCUT2D eigenvalue weighted by Crippen LogP contribution is -2.07. The first kappa shape index (κ1) is 19.8. The Labute approximate surface area is 180 Å². The molecule has 148 valence electrons. The van der Waals surface area contributed by atoms with Gasteiger partial charge in [0.05, 0.1) is 22.7 Å². The molecule has 0 bridgehead atoms. The van der Waals surface area contributed by atoms with E-state index in [1.54, 1.807) is 6.07 Å². The number of aromatic nitrogens is 2. The smallest absolute Gasteiger partial charge is 0.142 e. The summed E-state index contributed by atoms with van der Waals surface area (Å²) < 4.78 is 8.21. The summed E-state index contributed by atoms with van der Waals surface area (Å²) in [6, 6.07) is 19.9. The van der Waals surface area contributed by atoms with Crippen LogP contribution >= 0.6 is 23.2 Å². The van der Waals surface area contributed by atoms with E-state index >= 15 is 0 Å².